The molecule has 0 amide bonds. The Morgan fingerprint density at radius 3 is 1.81 bits per heavy atom. The van der Waals surface area contributed by atoms with E-state index in [4.69, 9.17) is 9.47 Å². The zero-order valence-electron chi connectivity index (χ0n) is 20.1. The Hall–Kier alpha value is -0.460. The third-order valence-corrected chi connectivity index (χ3v) is 6.19. The van der Waals surface area contributed by atoms with Crippen molar-refractivity contribution in [1.82, 2.24) is 0 Å². The molecule has 0 aromatic rings. The van der Waals surface area contributed by atoms with Gasteiger partial charge in [-0.15, -0.1) is 0 Å². The van der Waals surface area contributed by atoms with Crippen LogP contribution in [-0.4, -0.2) is 59.6 Å². The molecule has 1 aliphatic rings. The molecule has 0 saturated carbocycles. The van der Waals surface area contributed by atoms with Crippen LogP contribution in [0.15, 0.2) is 12.2 Å². The van der Waals surface area contributed by atoms with Crippen molar-refractivity contribution in [3.8, 4) is 0 Å². The van der Waals surface area contributed by atoms with E-state index >= 15 is 0 Å². The van der Waals surface area contributed by atoms with Crippen molar-refractivity contribution in [2.75, 3.05) is 19.8 Å². The second-order valence-electron chi connectivity index (χ2n) is 9.14. The molecule has 0 bridgehead atoms. The number of rotatable bonds is 20. The first-order valence-electron chi connectivity index (χ1n) is 13.0. The Kier molecular flexibility index (Phi) is 18.6. The fraction of sp³-hybridized carbons (Fsp3) is 0.923. The van der Waals surface area contributed by atoms with Crippen molar-refractivity contribution < 1.29 is 24.8 Å². The van der Waals surface area contributed by atoms with Gasteiger partial charge in [0.15, 0.2) is 0 Å². The first kappa shape index (κ1) is 28.6. The molecule has 31 heavy (non-hydrogen) atoms. The van der Waals surface area contributed by atoms with E-state index in [9.17, 15) is 15.3 Å². The Bertz CT molecular complexity index is 415. The van der Waals surface area contributed by atoms with E-state index < -0.39 is 24.4 Å². The minimum Gasteiger partial charge on any atom is -0.388 e. The molecule has 5 heteroatoms. The van der Waals surface area contributed by atoms with E-state index in [0.717, 1.165) is 6.42 Å². The van der Waals surface area contributed by atoms with Gasteiger partial charge in [-0.1, -0.05) is 96.1 Å². The van der Waals surface area contributed by atoms with Crippen LogP contribution < -0.4 is 0 Å². The van der Waals surface area contributed by atoms with Crippen LogP contribution in [0, 0.1) is 0 Å². The van der Waals surface area contributed by atoms with E-state index in [1.807, 2.05) is 0 Å². The number of aliphatic hydroxyl groups is 3. The lowest BCUT2D eigenvalue weighted by Crippen LogP contribution is -2.54. The minimum atomic E-state index is -1.15. The molecule has 4 atom stereocenters. The predicted molar refractivity (Wildman–Crippen MR) is 127 cm³/mol. The van der Waals surface area contributed by atoms with Gasteiger partial charge in [0.05, 0.1) is 13.2 Å². The third kappa shape index (κ3) is 15.1. The van der Waals surface area contributed by atoms with Gasteiger partial charge >= 0.3 is 0 Å². The van der Waals surface area contributed by atoms with Crippen LogP contribution in [0.2, 0.25) is 0 Å². The van der Waals surface area contributed by atoms with Crippen molar-refractivity contribution in [3.63, 3.8) is 0 Å². The smallest absolute Gasteiger partial charge is 0.111 e. The van der Waals surface area contributed by atoms with E-state index in [2.05, 4.69) is 19.1 Å². The number of unbranched alkanes of at least 4 members (excludes halogenated alkanes) is 14. The monoisotopic (exact) mass is 442 g/mol. The molecule has 184 valence electrons. The van der Waals surface area contributed by atoms with Crippen LogP contribution in [0.25, 0.3) is 0 Å². The summed E-state index contributed by atoms with van der Waals surface area (Å²) < 4.78 is 10.9. The molecule has 0 aromatic carbocycles. The highest BCUT2D eigenvalue weighted by Crippen LogP contribution is 2.16. The van der Waals surface area contributed by atoms with Crippen molar-refractivity contribution in [2.45, 2.75) is 134 Å². The van der Waals surface area contributed by atoms with Crippen LogP contribution in [0.5, 0.6) is 0 Å². The largest absolute Gasteiger partial charge is 0.388 e. The summed E-state index contributed by atoms with van der Waals surface area (Å²) in [5.74, 6) is 0. The van der Waals surface area contributed by atoms with Crippen LogP contribution in [-0.2, 0) is 9.47 Å². The van der Waals surface area contributed by atoms with Crippen molar-refractivity contribution in [2.24, 2.45) is 0 Å². The molecule has 1 aliphatic heterocycles. The van der Waals surface area contributed by atoms with Gasteiger partial charge in [0.1, 0.15) is 24.4 Å². The summed E-state index contributed by atoms with van der Waals surface area (Å²) in [6, 6.07) is 0. The van der Waals surface area contributed by atoms with Crippen LogP contribution in [0.1, 0.15) is 110 Å². The highest BCUT2D eigenvalue weighted by molar-refractivity contribution is 4.86. The predicted octanol–water partition coefficient (Wildman–Crippen LogP) is 5.30. The first-order chi connectivity index (χ1) is 15.2. The van der Waals surface area contributed by atoms with E-state index in [1.165, 1.54) is 96.3 Å². The highest BCUT2D eigenvalue weighted by Gasteiger charge is 2.37. The molecule has 0 radical (unpaired) electrons. The Labute approximate surface area is 191 Å². The van der Waals surface area contributed by atoms with Gasteiger partial charge in [-0.3, -0.25) is 0 Å². The van der Waals surface area contributed by atoms with Crippen LogP contribution in [0.3, 0.4) is 0 Å². The van der Waals surface area contributed by atoms with Gasteiger partial charge in [-0.05, 0) is 25.7 Å². The lowest BCUT2D eigenvalue weighted by molar-refractivity contribution is -0.199. The molecule has 1 saturated heterocycles. The molecule has 0 spiro atoms. The number of allylic oxidation sites excluding steroid dienone is 2. The Balaban J connectivity index is 1.75. The number of aliphatic hydroxyl groups excluding tert-OH is 3. The fourth-order valence-corrected chi connectivity index (χ4v) is 4.00. The van der Waals surface area contributed by atoms with E-state index in [0.29, 0.717) is 6.61 Å². The lowest BCUT2D eigenvalue weighted by atomic mass is 10.0. The molecule has 3 N–H and O–H groups in total. The Morgan fingerprint density at radius 2 is 1.23 bits per heavy atom. The van der Waals surface area contributed by atoms with E-state index in [1.54, 1.807) is 0 Å². The normalized spacial score (nSPS) is 24.3. The van der Waals surface area contributed by atoms with Crippen LogP contribution >= 0.6 is 0 Å². The Morgan fingerprint density at radius 1 is 0.710 bits per heavy atom. The summed E-state index contributed by atoms with van der Waals surface area (Å²) in [5.41, 5.74) is 0. The molecular formula is C26H50O5. The summed E-state index contributed by atoms with van der Waals surface area (Å²) in [5, 5.41) is 28.9. The van der Waals surface area contributed by atoms with Gasteiger partial charge in [0, 0.05) is 6.61 Å². The third-order valence-electron chi connectivity index (χ3n) is 6.19. The number of hydrogen-bond acceptors (Lipinski definition) is 5. The maximum absolute atomic E-state index is 9.85. The standard InChI is InChI=1S/C26H50O5/c1-2-3-4-5-6-7-8-9-10-11-12-13-14-15-16-17-18-19-20-30-22-24-26(29)25(28)23(27)21-31-24/h5-6,23-29H,2-4,7-22H2,1H3/b6-5+/t23-,24+,25+,26+/m1/s1. The summed E-state index contributed by atoms with van der Waals surface area (Å²) in [6.45, 7) is 3.21. The van der Waals surface area contributed by atoms with Crippen molar-refractivity contribution in [1.29, 1.82) is 0 Å². The van der Waals surface area contributed by atoms with Gasteiger partial charge in [0.2, 0.25) is 0 Å². The number of ether oxygens (including phenoxy) is 2. The first-order valence-corrected chi connectivity index (χ1v) is 13.0. The minimum absolute atomic E-state index is 0.0447. The zero-order valence-corrected chi connectivity index (χ0v) is 20.1. The van der Waals surface area contributed by atoms with Crippen molar-refractivity contribution >= 4 is 0 Å². The molecule has 0 aromatic heterocycles. The van der Waals surface area contributed by atoms with Gasteiger partial charge in [0.25, 0.3) is 0 Å². The topological polar surface area (TPSA) is 79.2 Å². The molecular weight excluding hydrogens is 392 g/mol. The summed E-state index contributed by atoms with van der Waals surface area (Å²) >= 11 is 0. The number of hydrogen-bond donors (Lipinski definition) is 3. The summed E-state index contributed by atoms with van der Waals surface area (Å²) in [6.07, 6.45) is 21.8. The van der Waals surface area contributed by atoms with Gasteiger partial charge in [-0.2, -0.15) is 0 Å². The maximum Gasteiger partial charge on any atom is 0.111 e. The maximum atomic E-state index is 9.85. The molecule has 1 rings (SSSR count). The van der Waals surface area contributed by atoms with Gasteiger partial charge in [-0.25, -0.2) is 0 Å². The second-order valence-corrected chi connectivity index (χ2v) is 9.14. The molecule has 0 unspecified atom stereocenters. The van der Waals surface area contributed by atoms with Crippen molar-refractivity contribution in [3.05, 3.63) is 12.2 Å². The SMILES string of the molecule is CCCC/C=C/CCCCCCCCCCCCCCOC[C@@H]1OC[C@@H](O)[C@H](O)[C@H]1O. The highest BCUT2D eigenvalue weighted by atomic mass is 16.6. The average Bonchev–Trinajstić information content (AvgIpc) is 2.77. The van der Waals surface area contributed by atoms with E-state index in [-0.39, 0.29) is 13.2 Å². The second kappa shape index (κ2) is 20.2. The van der Waals surface area contributed by atoms with Crippen LogP contribution in [0.4, 0.5) is 0 Å². The fourth-order valence-electron chi connectivity index (χ4n) is 4.00. The summed E-state index contributed by atoms with van der Waals surface area (Å²) in [7, 11) is 0. The quantitative estimate of drug-likeness (QED) is 0.176. The lowest BCUT2D eigenvalue weighted by Gasteiger charge is -2.35. The molecule has 1 fully saturated rings. The van der Waals surface area contributed by atoms with Gasteiger partial charge < -0.3 is 24.8 Å². The zero-order chi connectivity index (χ0) is 22.6. The molecule has 1 heterocycles. The molecule has 5 nitrogen and oxygen atoms in total. The summed E-state index contributed by atoms with van der Waals surface area (Å²) in [4.78, 5) is 0. The molecule has 0 aliphatic carbocycles. The average molecular weight is 443 g/mol.